The van der Waals surface area contributed by atoms with Gasteiger partial charge in [-0.3, -0.25) is 9.69 Å². The fourth-order valence-corrected chi connectivity index (χ4v) is 3.44. The lowest BCUT2D eigenvalue weighted by molar-refractivity contribution is 0.264. The zero-order chi connectivity index (χ0) is 20.3. The third-order valence-corrected chi connectivity index (χ3v) is 5.08. The maximum absolute atomic E-state index is 12.5. The molecule has 3 rings (SSSR count). The summed E-state index contributed by atoms with van der Waals surface area (Å²) in [5.41, 5.74) is 1.29. The molecule has 8 heteroatoms. The molecular formula is C20H21Cl2N3O3. The highest BCUT2D eigenvalue weighted by Gasteiger charge is 2.14. The van der Waals surface area contributed by atoms with Crippen molar-refractivity contribution in [2.75, 3.05) is 20.8 Å². The summed E-state index contributed by atoms with van der Waals surface area (Å²) >= 11 is 12.3. The molecule has 0 aliphatic heterocycles. The lowest BCUT2D eigenvalue weighted by atomic mass is 10.2. The van der Waals surface area contributed by atoms with Crippen LogP contribution in [0.5, 0.6) is 11.5 Å². The van der Waals surface area contributed by atoms with Gasteiger partial charge in [-0.2, -0.15) is 0 Å². The van der Waals surface area contributed by atoms with Crippen molar-refractivity contribution in [3.8, 4) is 11.5 Å². The number of hydrogen-bond acceptors (Lipinski definition) is 5. The number of nitrogens with one attached hydrogen (secondary N) is 1. The molecule has 0 unspecified atom stereocenters. The van der Waals surface area contributed by atoms with E-state index < -0.39 is 0 Å². The first-order chi connectivity index (χ1) is 13.4. The minimum absolute atomic E-state index is 0.221. The average molecular weight is 422 g/mol. The van der Waals surface area contributed by atoms with E-state index in [9.17, 15) is 4.79 Å². The number of nitrogens with zero attached hydrogens (tertiary/aromatic N) is 2. The number of aromatic amines is 1. The maximum atomic E-state index is 12.5. The highest BCUT2D eigenvalue weighted by atomic mass is 35.5. The molecule has 28 heavy (non-hydrogen) atoms. The normalized spacial score (nSPS) is 11.2. The van der Waals surface area contributed by atoms with E-state index in [4.69, 9.17) is 32.7 Å². The summed E-state index contributed by atoms with van der Waals surface area (Å²) in [6.45, 7) is 3.87. The Morgan fingerprint density at radius 2 is 1.79 bits per heavy atom. The van der Waals surface area contributed by atoms with E-state index in [0.717, 1.165) is 12.1 Å². The quantitative estimate of drug-likeness (QED) is 0.616. The molecule has 0 bridgehead atoms. The minimum Gasteiger partial charge on any atom is -0.493 e. The average Bonchev–Trinajstić information content (AvgIpc) is 2.68. The number of benzene rings is 2. The smallest absolute Gasteiger partial charge is 0.258 e. The molecule has 1 N–H and O–H groups in total. The summed E-state index contributed by atoms with van der Waals surface area (Å²) < 4.78 is 10.6. The van der Waals surface area contributed by atoms with Gasteiger partial charge in [0.25, 0.3) is 5.56 Å². The van der Waals surface area contributed by atoms with E-state index in [1.807, 2.05) is 19.1 Å². The van der Waals surface area contributed by atoms with Gasteiger partial charge in [-0.1, -0.05) is 36.2 Å². The van der Waals surface area contributed by atoms with Gasteiger partial charge in [-0.25, -0.2) is 4.98 Å². The molecule has 0 saturated carbocycles. The Labute approximate surface area is 173 Å². The molecule has 1 heterocycles. The van der Waals surface area contributed by atoms with E-state index in [2.05, 4.69) is 14.9 Å². The van der Waals surface area contributed by atoms with Crippen LogP contribution < -0.4 is 15.0 Å². The van der Waals surface area contributed by atoms with Gasteiger partial charge >= 0.3 is 0 Å². The van der Waals surface area contributed by atoms with E-state index >= 15 is 0 Å². The Morgan fingerprint density at radius 1 is 1.07 bits per heavy atom. The van der Waals surface area contributed by atoms with Crippen LogP contribution in [0.1, 0.15) is 18.3 Å². The standard InChI is InChI=1S/C20H21Cl2N3O3/c1-4-25(10-12-5-6-13(21)7-15(12)22)11-19-23-16-9-18(28-3)17(27-2)8-14(16)20(26)24-19/h5-9H,4,10-11H2,1-3H3,(H,23,24,26). The van der Waals surface area contributed by atoms with Crippen molar-refractivity contribution in [1.29, 1.82) is 0 Å². The van der Waals surface area contributed by atoms with Crippen molar-refractivity contribution in [3.63, 3.8) is 0 Å². The second-order valence-corrected chi connectivity index (χ2v) is 7.12. The van der Waals surface area contributed by atoms with Gasteiger partial charge in [-0.15, -0.1) is 0 Å². The van der Waals surface area contributed by atoms with Crippen LogP contribution in [-0.4, -0.2) is 35.6 Å². The molecular weight excluding hydrogens is 401 g/mol. The molecule has 0 atom stereocenters. The van der Waals surface area contributed by atoms with Crippen LogP contribution in [0.2, 0.25) is 10.0 Å². The van der Waals surface area contributed by atoms with Gasteiger partial charge in [0, 0.05) is 22.7 Å². The monoisotopic (exact) mass is 421 g/mol. The lowest BCUT2D eigenvalue weighted by Gasteiger charge is -2.20. The Hall–Kier alpha value is -2.28. The van der Waals surface area contributed by atoms with Gasteiger partial charge in [0.2, 0.25) is 0 Å². The van der Waals surface area contributed by atoms with Crippen LogP contribution >= 0.6 is 23.2 Å². The number of aromatic nitrogens is 2. The predicted molar refractivity (Wildman–Crippen MR) is 112 cm³/mol. The number of ether oxygens (including phenoxy) is 2. The number of fused-ring (bicyclic) bond motifs is 1. The lowest BCUT2D eigenvalue weighted by Crippen LogP contribution is -2.25. The highest BCUT2D eigenvalue weighted by Crippen LogP contribution is 2.30. The minimum atomic E-state index is -0.221. The van der Waals surface area contributed by atoms with Crippen molar-refractivity contribution in [2.45, 2.75) is 20.0 Å². The zero-order valence-corrected chi connectivity index (χ0v) is 17.4. The van der Waals surface area contributed by atoms with Gasteiger partial charge in [0.1, 0.15) is 5.82 Å². The first kappa shape index (κ1) is 20.5. The van der Waals surface area contributed by atoms with E-state index in [-0.39, 0.29) is 5.56 Å². The SMILES string of the molecule is CCN(Cc1nc2cc(OC)c(OC)cc2c(=O)[nH]1)Cc1ccc(Cl)cc1Cl. The van der Waals surface area contributed by atoms with E-state index in [1.165, 1.54) is 7.11 Å². The maximum Gasteiger partial charge on any atom is 0.258 e. The third kappa shape index (κ3) is 4.41. The number of H-pyrrole nitrogens is 1. The zero-order valence-electron chi connectivity index (χ0n) is 15.9. The van der Waals surface area contributed by atoms with Crippen LogP contribution in [0.4, 0.5) is 0 Å². The Bertz CT molecular complexity index is 1050. The molecule has 0 saturated heterocycles. The molecule has 0 radical (unpaired) electrons. The summed E-state index contributed by atoms with van der Waals surface area (Å²) in [5, 5.41) is 1.66. The number of methoxy groups -OCH3 is 2. The van der Waals surface area contributed by atoms with Gasteiger partial charge < -0.3 is 14.5 Å². The first-order valence-electron chi connectivity index (χ1n) is 8.76. The summed E-state index contributed by atoms with van der Waals surface area (Å²) in [5.74, 6) is 1.58. The Morgan fingerprint density at radius 3 is 2.43 bits per heavy atom. The van der Waals surface area contributed by atoms with Crippen molar-refractivity contribution in [3.05, 3.63) is 62.1 Å². The van der Waals surface area contributed by atoms with Crippen LogP contribution in [0, 0.1) is 0 Å². The fraction of sp³-hybridized carbons (Fsp3) is 0.300. The predicted octanol–water partition coefficient (Wildman–Crippen LogP) is 4.27. The van der Waals surface area contributed by atoms with E-state index in [0.29, 0.717) is 51.4 Å². The van der Waals surface area contributed by atoms with Crippen molar-refractivity contribution in [1.82, 2.24) is 14.9 Å². The number of hydrogen-bond donors (Lipinski definition) is 1. The highest BCUT2D eigenvalue weighted by molar-refractivity contribution is 6.35. The third-order valence-electron chi connectivity index (χ3n) is 4.49. The molecule has 6 nitrogen and oxygen atoms in total. The van der Waals surface area contributed by atoms with E-state index in [1.54, 1.807) is 25.3 Å². The summed E-state index contributed by atoms with van der Waals surface area (Å²) in [6.07, 6.45) is 0. The molecule has 0 aliphatic carbocycles. The number of rotatable bonds is 7. The van der Waals surface area contributed by atoms with Gasteiger partial charge in [0.05, 0.1) is 31.7 Å². The van der Waals surface area contributed by atoms with Crippen LogP contribution in [0.3, 0.4) is 0 Å². The Balaban J connectivity index is 1.90. The number of halogens is 2. The molecule has 148 valence electrons. The second-order valence-electron chi connectivity index (χ2n) is 6.28. The molecule has 3 aromatic rings. The van der Waals surface area contributed by atoms with Crippen LogP contribution in [0.15, 0.2) is 35.1 Å². The van der Waals surface area contributed by atoms with Gasteiger partial charge in [-0.05, 0) is 30.3 Å². The molecule has 0 aliphatic rings. The van der Waals surface area contributed by atoms with Gasteiger partial charge in [0.15, 0.2) is 11.5 Å². The molecule has 0 amide bonds. The molecule has 1 aromatic heterocycles. The molecule has 2 aromatic carbocycles. The van der Waals surface area contributed by atoms with Crippen molar-refractivity contribution in [2.24, 2.45) is 0 Å². The van der Waals surface area contributed by atoms with Crippen LogP contribution in [0.25, 0.3) is 10.9 Å². The first-order valence-corrected chi connectivity index (χ1v) is 9.52. The van der Waals surface area contributed by atoms with Crippen LogP contribution in [-0.2, 0) is 13.1 Å². The molecule has 0 spiro atoms. The summed E-state index contributed by atoms with van der Waals surface area (Å²) in [4.78, 5) is 22.1. The van der Waals surface area contributed by atoms with Crippen molar-refractivity contribution >= 4 is 34.1 Å². The fourth-order valence-electron chi connectivity index (χ4n) is 2.97. The van der Waals surface area contributed by atoms with Crippen molar-refractivity contribution < 1.29 is 9.47 Å². The summed E-state index contributed by atoms with van der Waals surface area (Å²) in [6, 6.07) is 8.78. The summed E-state index contributed by atoms with van der Waals surface area (Å²) in [7, 11) is 3.08. The Kier molecular flexibility index (Phi) is 6.44. The molecule has 0 fully saturated rings. The largest absolute Gasteiger partial charge is 0.493 e. The topological polar surface area (TPSA) is 67.5 Å². The second kappa shape index (κ2) is 8.82.